The first kappa shape index (κ1) is 22.7. The highest BCUT2D eigenvalue weighted by atomic mass is 16.5. The third-order valence-corrected chi connectivity index (χ3v) is 6.49. The van der Waals surface area contributed by atoms with Gasteiger partial charge in [-0.25, -0.2) is 0 Å². The van der Waals surface area contributed by atoms with E-state index in [1.807, 2.05) is 42.6 Å². The Bertz CT molecular complexity index is 1350. The number of ether oxygens (including phenoxy) is 1. The van der Waals surface area contributed by atoms with Crippen LogP contribution >= 0.6 is 0 Å². The first-order chi connectivity index (χ1) is 17.1. The van der Waals surface area contributed by atoms with Gasteiger partial charge in [-0.2, -0.15) is 0 Å². The van der Waals surface area contributed by atoms with Crippen LogP contribution in [0.15, 0.2) is 79.0 Å². The van der Waals surface area contributed by atoms with Gasteiger partial charge in [-0.3, -0.25) is 9.59 Å². The van der Waals surface area contributed by atoms with Crippen molar-refractivity contribution in [2.45, 2.75) is 31.5 Å². The summed E-state index contributed by atoms with van der Waals surface area (Å²) in [5.74, 6) is 0.245. The molecule has 1 aliphatic rings. The molecule has 0 bridgehead atoms. The summed E-state index contributed by atoms with van der Waals surface area (Å²) >= 11 is 0. The van der Waals surface area contributed by atoms with Gasteiger partial charge in [-0.05, 0) is 53.4 Å². The second-order valence-corrected chi connectivity index (χ2v) is 8.75. The van der Waals surface area contributed by atoms with E-state index in [-0.39, 0.29) is 11.8 Å². The number of hydrogen-bond acceptors (Lipinski definition) is 4. The molecule has 0 fully saturated rings. The van der Waals surface area contributed by atoms with Gasteiger partial charge >= 0.3 is 0 Å². The maximum absolute atomic E-state index is 13.4. The van der Waals surface area contributed by atoms with Crippen LogP contribution in [0.5, 0.6) is 5.75 Å². The summed E-state index contributed by atoms with van der Waals surface area (Å²) in [6, 6.07) is 22.0. The Morgan fingerprint density at radius 3 is 2.54 bits per heavy atom. The van der Waals surface area contributed by atoms with Gasteiger partial charge in [0.1, 0.15) is 11.8 Å². The molecule has 0 saturated heterocycles. The minimum atomic E-state index is -0.747. The first-order valence-electron chi connectivity index (χ1n) is 11.7. The van der Waals surface area contributed by atoms with Gasteiger partial charge in [0.05, 0.1) is 13.2 Å². The van der Waals surface area contributed by atoms with E-state index in [2.05, 4.69) is 33.1 Å². The number of aromatic nitrogens is 1. The van der Waals surface area contributed by atoms with Gasteiger partial charge in [0.2, 0.25) is 11.8 Å². The minimum absolute atomic E-state index is 0.186. The molecule has 35 heavy (non-hydrogen) atoms. The van der Waals surface area contributed by atoms with E-state index in [4.69, 9.17) is 4.74 Å². The number of nitrogens with one attached hydrogen (secondary N) is 4. The molecule has 1 aliphatic heterocycles. The number of benzene rings is 3. The number of anilines is 1. The zero-order valence-corrected chi connectivity index (χ0v) is 19.5. The van der Waals surface area contributed by atoms with Gasteiger partial charge in [0, 0.05) is 35.8 Å². The van der Waals surface area contributed by atoms with E-state index < -0.39 is 12.1 Å². The fraction of sp³-hybridized carbons (Fsp3) is 0.214. The third kappa shape index (κ3) is 5.05. The van der Waals surface area contributed by atoms with Crippen molar-refractivity contribution in [2.75, 3.05) is 12.4 Å². The van der Waals surface area contributed by atoms with E-state index in [0.29, 0.717) is 30.8 Å². The van der Waals surface area contributed by atoms with Crippen LogP contribution in [0, 0.1) is 0 Å². The molecule has 0 unspecified atom stereocenters. The standard InChI is InChI=1S/C28H28N4O3/c1-35-22-12-10-21(11-13-22)31-28(34)26(15-20-17-29-24-9-5-4-8-23(20)24)32-27(33)25-14-18-6-2-3-7-19(18)16-30-25/h2-13,17,25-26,29-30H,14-16H2,1H3,(H,31,34)(H,32,33)/t25-,26-/m0/s1. The number of carbonyl (C=O) groups is 2. The number of fused-ring (bicyclic) bond motifs is 2. The number of rotatable bonds is 7. The van der Waals surface area contributed by atoms with E-state index in [0.717, 1.165) is 22.0 Å². The van der Waals surface area contributed by atoms with Crippen LogP contribution in [0.2, 0.25) is 0 Å². The van der Waals surface area contributed by atoms with Crippen molar-refractivity contribution in [1.29, 1.82) is 0 Å². The Labute approximate surface area is 203 Å². The molecule has 4 aromatic rings. The number of carbonyl (C=O) groups excluding carboxylic acids is 2. The molecule has 2 atom stereocenters. The number of H-pyrrole nitrogens is 1. The lowest BCUT2D eigenvalue weighted by atomic mass is 9.95. The molecular weight excluding hydrogens is 440 g/mol. The zero-order valence-electron chi connectivity index (χ0n) is 19.5. The summed E-state index contributed by atoms with van der Waals surface area (Å²) in [5.41, 5.74) is 4.96. The van der Waals surface area contributed by atoms with Gasteiger partial charge in [-0.1, -0.05) is 42.5 Å². The van der Waals surface area contributed by atoms with Gasteiger partial charge in [0.15, 0.2) is 0 Å². The Morgan fingerprint density at radius 2 is 1.74 bits per heavy atom. The van der Waals surface area contributed by atoms with E-state index in [9.17, 15) is 9.59 Å². The number of para-hydroxylation sites is 1. The lowest BCUT2D eigenvalue weighted by Crippen LogP contribution is -2.53. The normalized spacial score (nSPS) is 15.7. The molecule has 178 valence electrons. The van der Waals surface area contributed by atoms with Crippen LogP contribution < -0.4 is 20.7 Å². The van der Waals surface area contributed by atoms with Crippen molar-refractivity contribution in [1.82, 2.24) is 15.6 Å². The molecule has 0 saturated carbocycles. The highest BCUT2D eigenvalue weighted by molar-refractivity contribution is 5.98. The Kier molecular flexibility index (Phi) is 6.50. The summed E-state index contributed by atoms with van der Waals surface area (Å²) in [4.78, 5) is 29.9. The molecule has 1 aromatic heterocycles. The topological polar surface area (TPSA) is 95.2 Å². The quantitative estimate of drug-likeness (QED) is 0.334. The van der Waals surface area contributed by atoms with Crippen LogP contribution in [0.3, 0.4) is 0 Å². The van der Waals surface area contributed by atoms with Crippen molar-refractivity contribution in [3.63, 3.8) is 0 Å². The van der Waals surface area contributed by atoms with E-state index >= 15 is 0 Å². The van der Waals surface area contributed by atoms with Crippen LogP contribution in [0.1, 0.15) is 16.7 Å². The molecule has 0 spiro atoms. The van der Waals surface area contributed by atoms with Gasteiger partial charge in [0.25, 0.3) is 0 Å². The number of aromatic amines is 1. The largest absolute Gasteiger partial charge is 0.497 e. The third-order valence-electron chi connectivity index (χ3n) is 6.49. The fourth-order valence-electron chi connectivity index (χ4n) is 4.55. The predicted molar refractivity (Wildman–Crippen MR) is 136 cm³/mol. The van der Waals surface area contributed by atoms with Gasteiger partial charge in [-0.15, -0.1) is 0 Å². The Balaban J connectivity index is 1.35. The molecule has 4 N–H and O–H groups in total. The van der Waals surface area contributed by atoms with Crippen molar-refractivity contribution in [2.24, 2.45) is 0 Å². The Morgan fingerprint density at radius 1 is 1.00 bits per heavy atom. The summed E-state index contributed by atoms with van der Waals surface area (Å²) < 4.78 is 5.20. The highest BCUT2D eigenvalue weighted by Gasteiger charge is 2.29. The van der Waals surface area contributed by atoms with Crippen LogP contribution in [-0.4, -0.2) is 36.0 Å². The molecule has 3 aromatic carbocycles. The van der Waals surface area contributed by atoms with E-state index in [1.54, 1.807) is 31.4 Å². The summed E-state index contributed by atoms with van der Waals surface area (Å²) in [7, 11) is 1.60. The SMILES string of the molecule is COc1ccc(NC(=O)[C@H](Cc2c[nH]c3ccccc23)NC(=O)[C@@H]2Cc3ccccc3CN2)cc1. The number of hydrogen-bond donors (Lipinski definition) is 4. The zero-order chi connectivity index (χ0) is 24.2. The molecular formula is C28H28N4O3. The predicted octanol–water partition coefficient (Wildman–Crippen LogP) is 3.56. The first-order valence-corrected chi connectivity index (χ1v) is 11.7. The lowest BCUT2D eigenvalue weighted by Gasteiger charge is -2.27. The van der Waals surface area contributed by atoms with Crippen molar-refractivity contribution < 1.29 is 14.3 Å². The Hall–Kier alpha value is -4.10. The van der Waals surface area contributed by atoms with Crippen molar-refractivity contribution in [3.05, 3.63) is 95.7 Å². The number of methoxy groups -OCH3 is 1. The average molecular weight is 469 g/mol. The maximum atomic E-state index is 13.4. The molecule has 0 aliphatic carbocycles. The minimum Gasteiger partial charge on any atom is -0.497 e. The second-order valence-electron chi connectivity index (χ2n) is 8.75. The fourth-order valence-corrected chi connectivity index (χ4v) is 4.55. The maximum Gasteiger partial charge on any atom is 0.247 e. The van der Waals surface area contributed by atoms with Gasteiger partial charge < -0.3 is 25.7 Å². The molecule has 2 amide bonds. The smallest absolute Gasteiger partial charge is 0.247 e. The lowest BCUT2D eigenvalue weighted by molar-refractivity contribution is -0.128. The summed E-state index contributed by atoms with van der Waals surface area (Å²) in [5, 5.41) is 10.3. The second kappa shape index (κ2) is 10.0. The van der Waals surface area contributed by atoms with E-state index in [1.165, 1.54) is 5.56 Å². The molecule has 0 radical (unpaired) electrons. The molecule has 7 nitrogen and oxygen atoms in total. The molecule has 5 rings (SSSR count). The van der Waals surface area contributed by atoms with Crippen LogP contribution in [-0.2, 0) is 29.0 Å². The number of amides is 2. The highest BCUT2D eigenvalue weighted by Crippen LogP contribution is 2.21. The van der Waals surface area contributed by atoms with Crippen LogP contribution in [0.25, 0.3) is 10.9 Å². The van der Waals surface area contributed by atoms with Crippen LogP contribution in [0.4, 0.5) is 5.69 Å². The summed E-state index contributed by atoms with van der Waals surface area (Å²) in [6.45, 7) is 0.624. The average Bonchev–Trinajstić information content (AvgIpc) is 3.31. The summed E-state index contributed by atoms with van der Waals surface area (Å²) in [6.07, 6.45) is 2.85. The monoisotopic (exact) mass is 468 g/mol. The van der Waals surface area contributed by atoms with Crippen molar-refractivity contribution in [3.8, 4) is 5.75 Å². The molecule has 7 heteroatoms. The molecule has 2 heterocycles. The van der Waals surface area contributed by atoms with Crippen molar-refractivity contribution >= 4 is 28.4 Å².